The predicted molar refractivity (Wildman–Crippen MR) is 85.3 cm³/mol. The molecule has 1 aromatic heterocycles. The van der Waals surface area contributed by atoms with Gasteiger partial charge < -0.3 is 9.52 Å². The first-order chi connectivity index (χ1) is 10.6. The molecule has 23 heavy (non-hydrogen) atoms. The van der Waals surface area contributed by atoms with Gasteiger partial charge in [0.2, 0.25) is 0 Å². The van der Waals surface area contributed by atoms with Crippen LogP contribution in [0.25, 0.3) is 22.6 Å². The molecule has 0 aliphatic rings. The van der Waals surface area contributed by atoms with E-state index in [4.69, 9.17) is 9.52 Å². The Morgan fingerprint density at radius 3 is 2.39 bits per heavy atom. The average Bonchev–Trinajstić information content (AvgIpc) is 2.91. The molecule has 1 N–H and O–H groups in total. The van der Waals surface area contributed by atoms with Crippen LogP contribution in [-0.2, 0) is 24.9 Å². The summed E-state index contributed by atoms with van der Waals surface area (Å²) in [4.78, 5) is 14.4. The maximum absolute atomic E-state index is 10.0. The molecule has 0 unspecified atom stereocenters. The Bertz CT molecular complexity index is 757. The van der Waals surface area contributed by atoms with Gasteiger partial charge in [0.25, 0.3) is 0 Å². The Kier molecular flexibility index (Phi) is 7.39. The van der Waals surface area contributed by atoms with Gasteiger partial charge in [-0.2, -0.15) is 0 Å². The van der Waals surface area contributed by atoms with Crippen molar-refractivity contribution >= 4 is 16.9 Å². The second-order valence-electron chi connectivity index (χ2n) is 4.66. The van der Waals surface area contributed by atoms with Gasteiger partial charge in [0.05, 0.1) is 11.3 Å². The molecule has 0 aliphatic heterocycles. The second kappa shape index (κ2) is 9.03. The summed E-state index contributed by atoms with van der Waals surface area (Å²) in [7, 11) is 0. The van der Waals surface area contributed by atoms with Gasteiger partial charge in [0.15, 0.2) is 5.78 Å². The number of fused-ring (bicyclic) bond motifs is 1. The summed E-state index contributed by atoms with van der Waals surface area (Å²) in [5.41, 5.74) is 2.57. The Labute approximate surface area is 148 Å². The number of hydrogen-bond acceptors (Lipinski definition) is 4. The van der Waals surface area contributed by atoms with Crippen LogP contribution in [0.15, 0.2) is 64.8 Å². The van der Waals surface area contributed by atoms with Gasteiger partial charge in [-0.3, -0.25) is 9.78 Å². The van der Waals surface area contributed by atoms with Crippen molar-refractivity contribution in [1.29, 1.82) is 0 Å². The number of oxazole rings is 1. The van der Waals surface area contributed by atoms with Crippen LogP contribution in [0.5, 0.6) is 0 Å². The zero-order valence-electron chi connectivity index (χ0n) is 12.7. The fourth-order valence-electron chi connectivity index (χ4n) is 1.81. The fraction of sp³-hybridized carbons (Fsp3) is 0.111. The zero-order valence-corrected chi connectivity index (χ0v) is 15.1. The van der Waals surface area contributed by atoms with Crippen LogP contribution < -0.4 is 0 Å². The van der Waals surface area contributed by atoms with E-state index < -0.39 is 0 Å². The molecule has 0 atom stereocenters. The topological polar surface area (TPSA) is 63.3 Å². The molecule has 3 rings (SSSR count). The summed E-state index contributed by atoms with van der Waals surface area (Å²) in [6.07, 6.45) is 1.17. The Morgan fingerprint density at radius 2 is 1.87 bits per heavy atom. The van der Waals surface area contributed by atoms with Gasteiger partial charge in [-0.1, -0.05) is 17.7 Å². The van der Waals surface area contributed by atoms with Gasteiger partial charge >= 0.3 is 0 Å². The number of carbonyl (C=O) groups excluding carboxylic acids is 1. The number of rotatable bonds is 2. The number of nitrogens with zero attached hydrogens (tertiary/aromatic N) is 1. The number of ketones is 1. The third-order valence-corrected chi connectivity index (χ3v) is 2.65. The molecular formula is C18H16IrNO3-. The Hall–Kier alpha value is -2.23. The van der Waals surface area contributed by atoms with E-state index in [9.17, 15) is 4.79 Å². The number of para-hydroxylation sites is 2. The number of benzene rings is 2. The maximum Gasteiger partial charge on any atom is 0.155 e. The summed E-state index contributed by atoms with van der Waals surface area (Å²) >= 11 is 0. The monoisotopic (exact) mass is 487 g/mol. The van der Waals surface area contributed by atoms with Crippen molar-refractivity contribution < 1.29 is 34.4 Å². The molecule has 0 spiro atoms. The van der Waals surface area contributed by atoms with E-state index in [1.165, 1.54) is 19.9 Å². The van der Waals surface area contributed by atoms with E-state index in [0.717, 1.165) is 16.7 Å². The number of allylic oxidation sites excluding steroid dienone is 2. The Balaban J connectivity index is 0.000000287. The van der Waals surface area contributed by atoms with Crippen LogP contribution >= 0.6 is 0 Å². The average molecular weight is 487 g/mol. The molecule has 0 bridgehead atoms. The SMILES string of the molecule is CC(=O)/C=C(/C)O.[Ir].[c-]1ccccc1-c1nc2ccccc2o1. The zero-order chi connectivity index (χ0) is 15.9. The smallest absolute Gasteiger partial charge is 0.155 e. The van der Waals surface area contributed by atoms with Crippen molar-refractivity contribution in [2.45, 2.75) is 13.8 Å². The van der Waals surface area contributed by atoms with Gasteiger partial charge in [-0.25, -0.2) is 0 Å². The van der Waals surface area contributed by atoms with Crippen molar-refractivity contribution in [3.63, 3.8) is 0 Å². The molecule has 0 fully saturated rings. The minimum Gasteiger partial charge on any atom is -0.512 e. The van der Waals surface area contributed by atoms with E-state index in [2.05, 4.69) is 11.1 Å². The molecule has 4 nitrogen and oxygen atoms in total. The first-order valence-corrected chi connectivity index (χ1v) is 6.77. The van der Waals surface area contributed by atoms with E-state index in [-0.39, 0.29) is 31.6 Å². The largest absolute Gasteiger partial charge is 0.512 e. The Morgan fingerprint density at radius 1 is 1.17 bits per heavy atom. The molecule has 0 amide bonds. The van der Waals surface area contributed by atoms with Crippen LogP contribution in [-0.4, -0.2) is 15.9 Å². The molecule has 0 saturated carbocycles. The van der Waals surface area contributed by atoms with Gasteiger partial charge in [-0.05, 0) is 26.0 Å². The van der Waals surface area contributed by atoms with E-state index in [1.807, 2.05) is 48.5 Å². The molecule has 0 aliphatic carbocycles. The summed E-state index contributed by atoms with van der Waals surface area (Å²) in [5, 5.41) is 8.36. The number of aromatic nitrogens is 1. The number of aliphatic hydroxyl groups is 1. The molecule has 121 valence electrons. The summed E-state index contributed by atoms with van der Waals surface area (Å²) < 4.78 is 5.61. The van der Waals surface area contributed by atoms with Crippen molar-refractivity contribution in [2.75, 3.05) is 0 Å². The summed E-state index contributed by atoms with van der Waals surface area (Å²) in [6, 6.07) is 18.5. The van der Waals surface area contributed by atoms with Gasteiger partial charge in [0, 0.05) is 26.2 Å². The first-order valence-electron chi connectivity index (χ1n) is 6.77. The van der Waals surface area contributed by atoms with Crippen LogP contribution in [0.4, 0.5) is 0 Å². The molecule has 5 heteroatoms. The quantitative estimate of drug-likeness (QED) is 0.333. The van der Waals surface area contributed by atoms with Gasteiger partial charge in [0.1, 0.15) is 11.5 Å². The number of hydrogen-bond donors (Lipinski definition) is 1. The predicted octanol–water partition coefficient (Wildman–Crippen LogP) is 4.33. The molecule has 0 saturated heterocycles. The van der Waals surface area contributed by atoms with Crippen LogP contribution in [0.1, 0.15) is 13.8 Å². The first kappa shape index (κ1) is 18.8. The third-order valence-electron chi connectivity index (χ3n) is 2.65. The van der Waals surface area contributed by atoms with Gasteiger partial charge in [-0.15, -0.1) is 30.3 Å². The van der Waals surface area contributed by atoms with E-state index in [0.29, 0.717) is 5.89 Å². The molecule has 1 heterocycles. The minimum absolute atomic E-state index is 0. The second-order valence-corrected chi connectivity index (χ2v) is 4.66. The van der Waals surface area contributed by atoms with Crippen molar-refractivity contribution in [3.8, 4) is 11.5 Å². The van der Waals surface area contributed by atoms with Crippen molar-refractivity contribution in [1.82, 2.24) is 4.98 Å². The summed E-state index contributed by atoms with van der Waals surface area (Å²) in [5.74, 6) is 0.560. The number of aliphatic hydroxyl groups excluding tert-OH is 1. The van der Waals surface area contributed by atoms with Crippen molar-refractivity contribution in [3.05, 3.63) is 66.4 Å². The number of carbonyl (C=O) groups is 1. The molecule has 3 aromatic rings. The van der Waals surface area contributed by atoms with Crippen LogP contribution in [0, 0.1) is 6.07 Å². The third kappa shape index (κ3) is 5.81. The summed E-state index contributed by atoms with van der Waals surface area (Å²) in [6.45, 7) is 2.85. The fourth-order valence-corrected chi connectivity index (χ4v) is 1.81. The van der Waals surface area contributed by atoms with Crippen LogP contribution in [0.2, 0.25) is 0 Å². The molecule has 1 radical (unpaired) electrons. The normalized spacial score (nSPS) is 10.4. The standard InChI is InChI=1S/C13H8NO.C5H8O2.Ir/c1-2-6-10(7-3-1)13-14-11-8-4-5-9-12(11)15-13;1-4(6)3-5(2)7;/h1-6,8-9H;3,6H,1-2H3;/q-1;;/b;4-3-;. The van der Waals surface area contributed by atoms with Crippen LogP contribution in [0.3, 0.4) is 0 Å². The minimum atomic E-state index is -0.125. The van der Waals surface area contributed by atoms with E-state index in [1.54, 1.807) is 0 Å². The molecule has 2 aromatic carbocycles. The van der Waals surface area contributed by atoms with E-state index >= 15 is 0 Å². The van der Waals surface area contributed by atoms with Crippen molar-refractivity contribution in [2.24, 2.45) is 0 Å². The maximum atomic E-state index is 10.0. The molecular weight excluding hydrogens is 470 g/mol.